The zero-order valence-electron chi connectivity index (χ0n) is 9.93. The largest absolute Gasteiger partial charge is 0.452 e. The van der Waals surface area contributed by atoms with Gasteiger partial charge in [0, 0.05) is 29.6 Å². The molecule has 1 aliphatic rings. The number of nitrogens with zero attached hydrogens (tertiary/aromatic N) is 2. The first kappa shape index (κ1) is 13.2. The second kappa shape index (κ2) is 5.28. The first-order valence-electron chi connectivity index (χ1n) is 5.72. The molecule has 102 valence electrons. The third-order valence-electron chi connectivity index (χ3n) is 2.87. The molecule has 19 heavy (non-hydrogen) atoms. The van der Waals surface area contributed by atoms with Gasteiger partial charge < -0.3 is 4.42 Å². The van der Waals surface area contributed by atoms with Crippen LogP contribution in [0.15, 0.2) is 39.5 Å². The Kier molecular flexibility index (Phi) is 3.66. The Morgan fingerprint density at radius 2 is 2.37 bits per heavy atom. The van der Waals surface area contributed by atoms with Crippen LogP contribution in [0.3, 0.4) is 0 Å². The summed E-state index contributed by atoms with van der Waals surface area (Å²) in [6.07, 6.45) is 3.08. The van der Waals surface area contributed by atoms with E-state index < -0.39 is 10.0 Å². The molecule has 0 N–H and O–H groups in total. The van der Waals surface area contributed by atoms with E-state index in [-0.39, 0.29) is 11.1 Å². The normalized spacial score (nSPS) is 21.6. The van der Waals surface area contributed by atoms with E-state index in [1.54, 1.807) is 24.0 Å². The molecule has 0 bridgehead atoms. The molecule has 8 heteroatoms. The van der Waals surface area contributed by atoms with Crippen LogP contribution in [0.2, 0.25) is 0 Å². The number of hydrogen-bond donors (Lipinski definition) is 0. The topological polar surface area (TPSA) is 63.4 Å². The number of thioether (sulfide) groups is 1. The van der Waals surface area contributed by atoms with Crippen molar-refractivity contribution >= 4 is 33.1 Å². The lowest BCUT2D eigenvalue weighted by atomic mass is 10.3. The van der Waals surface area contributed by atoms with Crippen LogP contribution in [-0.4, -0.2) is 35.8 Å². The van der Waals surface area contributed by atoms with Gasteiger partial charge in [0.1, 0.15) is 5.01 Å². The van der Waals surface area contributed by atoms with Gasteiger partial charge in [-0.25, -0.2) is 13.4 Å². The Hall–Kier alpha value is -0.830. The summed E-state index contributed by atoms with van der Waals surface area (Å²) in [7, 11) is -3.57. The number of furan rings is 1. The molecule has 0 radical (unpaired) electrons. The van der Waals surface area contributed by atoms with Gasteiger partial charge in [-0.15, -0.1) is 11.3 Å². The highest BCUT2D eigenvalue weighted by molar-refractivity contribution is 7.99. The Morgan fingerprint density at radius 3 is 3.05 bits per heavy atom. The minimum absolute atomic E-state index is 0.000885. The van der Waals surface area contributed by atoms with E-state index in [2.05, 4.69) is 4.98 Å². The summed E-state index contributed by atoms with van der Waals surface area (Å²) in [5.41, 5.74) is 0. The van der Waals surface area contributed by atoms with Crippen molar-refractivity contribution < 1.29 is 12.8 Å². The fourth-order valence-electron chi connectivity index (χ4n) is 2.00. The molecular formula is C11H12N2O3S3. The monoisotopic (exact) mass is 316 g/mol. The highest BCUT2D eigenvalue weighted by Crippen LogP contribution is 2.34. The van der Waals surface area contributed by atoms with E-state index in [0.717, 1.165) is 16.5 Å². The van der Waals surface area contributed by atoms with Gasteiger partial charge in [-0.3, -0.25) is 0 Å². The van der Waals surface area contributed by atoms with Gasteiger partial charge >= 0.3 is 0 Å². The summed E-state index contributed by atoms with van der Waals surface area (Å²) >= 11 is 3.23. The average molecular weight is 316 g/mol. The first-order chi connectivity index (χ1) is 9.19. The van der Waals surface area contributed by atoms with Crippen molar-refractivity contribution in [3.05, 3.63) is 35.0 Å². The lowest BCUT2D eigenvalue weighted by molar-refractivity contribution is 0.337. The van der Waals surface area contributed by atoms with E-state index >= 15 is 0 Å². The van der Waals surface area contributed by atoms with Crippen LogP contribution >= 0.6 is 23.1 Å². The highest BCUT2D eigenvalue weighted by atomic mass is 32.2. The predicted molar refractivity (Wildman–Crippen MR) is 74.8 cm³/mol. The van der Waals surface area contributed by atoms with Crippen LogP contribution in [0.4, 0.5) is 0 Å². The molecule has 3 heterocycles. The van der Waals surface area contributed by atoms with Gasteiger partial charge in [-0.2, -0.15) is 16.1 Å². The molecule has 1 atom stereocenters. The van der Waals surface area contributed by atoms with Crippen molar-refractivity contribution in [3.63, 3.8) is 0 Å². The molecule has 1 fully saturated rings. The van der Waals surface area contributed by atoms with Crippen molar-refractivity contribution in [2.75, 3.05) is 18.1 Å². The molecule has 0 saturated carbocycles. The van der Waals surface area contributed by atoms with Gasteiger partial charge in [-0.1, -0.05) is 0 Å². The van der Waals surface area contributed by atoms with Crippen LogP contribution in [0, 0.1) is 0 Å². The molecule has 0 aliphatic carbocycles. The molecule has 2 aromatic rings. The van der Waals surface area contributed by atoms with E-state index in [1.165, 1.54) is 28.0 Å². The lowest BCUT2D eigenvalue weighted by Gasteiger charge is -2.32. The van der Waals surface area contributed by atoms with Crippen LogP contribution in [0.5, 0.6) is 0 Å². The Bertz CT molecular complexity index is 622. The molecule has 3 rings (SSSR count). The number of sulfonamides is 1. The summed E-state index contributed by atoms with van der Waals surface area (Å²) in [5.74, 6) is 1.52. The molecule has 1 saturated heterocycles. The van der Waals surface area contributed by atoms with Gasteiger partial charge in [0.25, 0.3) is 10.0 Å². The molecule has 0 unspecified atom stereocenters. The number of rotatable bonds is 3. The quantitative estimate of drug-likeness (QED) is 0.869. The maximum atomic E-state index is 12.6. The SMILES string of the molecule is O=S(=O)(c1ccco1)N1CCSC[C@H]1c1nccs1. The van der Waals surface area contributed by atoms with E-state index in [9.17, 15) is 8.42 Å². The number of hydrogen-bond acceptors (Lipinski definition) is 6. The fraction of sp³-hybridized carbons (Fsp3) is 0.364. The van der Waals surface area contributed by atoms with Crippen molar-refractivity contribution in [2.45, 2.75) is 11.1 Å². The summed E-state index contributed by atoms with van der Waals surface area (Å²) in [4.78, 5) is 4.25. The van der Waals surface area contributed by atoms with Crippen LogP contribution in [-0.2, 0) is 10.0 Å². The minimum atomic E-state index is -3.57. The van der Waals surface area contributed by atoms with Crippen LogP contribution in [0.1, 0.15) is 11.0 Å². The predicted octanol–water partition coefficient (Wildman–Crippen LogP) is 2.21. The smallest absolute Gasteiger partial charge is 0.277 e. The van der Waals surface area contributed by atoms with E-state index in [4.69, 9.17) is 4.42 Å². The zero-order valence-corrected chi connectivity index (χ0v) is 12.4. The van der Waals surface area contributed by atoms with Gasteiger partial charge in [0.15, 0.2) is 0 Å². The third-order valence-corrected chi connectivity index (χ3v) is 6.57. The molecule has 2 aromatic heterocycles. The number of aromatic nitrogens is 1. The van der Waals surface area contributed by atoms with E-state index in [0.29, 0.717) is 6.54 Å². The first-order valence-corrected chi connectivity index (χ1v) is 9.19. The van der Waals surface area contributed by atoms with Crippen molar-refractivity contribution in [2.24, 2.45) is 0 Å². The maximum Gasteiger partial charge on any atom is 0.277 e. The second-order valence-electron chi connectivity index (χ2n) is 4.01. The third kappa shape index (κ3) is 2.45. The van der Waals surface area contributed by atoms with E-state index in [1.807, 2.05) is 5.38 Å². The van der Waals surface area contributed by atoms with Crippen molar-refractivity contribution in [1.29, 1.82) is 0 Å². The lowest BCUT2D eigenvalue weighted by Crippen LogP contribution is -2.40. The molecular weight excluding hydrogens is 304 g/mol. The van der Waals surface area contributed by atoms with Crippen LogP contribution < -0.4 is 0 Å². The molecule has 5 nitrogen and oxygen atoms in total. The summed E-state index contributed by atoms with van der Waals surface area (Å²) < 4.78 is 31.7. The second-order valence-corrected chi connectivity index (χ2v) is 7.91. The molecule has 0 spiro atoms. The Labute approximate surface area is 119 Å². The van der Waals surface area contributed by atoms with Crippen molar-refractivity contribution in [1.82, 2.24) is 9.29 Å². The van der Waals surface area contributed by atoms with Gasteiger partial charge in [-0.05, 0) is 12.1 Å². The van der Waals surface area contributed by atoms with Gasteiger partial charge in [0.05, 0.1) is 12.3 Å². The summed E-state index contributed by atoms with van der Waals surface area (Å²) in [6, 6.07) is 2.87. The molecule has 0 aromatic carbocycles. The summed E-state index contributed by atoms with van der Waals surface area (Å²) in [5, 5.41) is 2.70. The highest BCUT2D eigenvalue weighted by Gasteiger charge is 2.37. The summed E-state index contributed by atoms with van der Waals surface area (Å²) in [6.45, 7) is 0.484. The Balaban J connectivity index is 1.97. The molecule has 1 aliphatic heterocycles. The molecule has 0 amide bonds. The number of thiazole rings is 1. The zero-order chi connectivity index (χ0) is 13.3. The van der Waals surface area contributed by atoms with Gasteiger partial charge in [0.2, 0.25) is 5.09 Å². The average Bonchev–Trinajstić information content (AvgIpc) is 3.12. The fourth-order valence-corrected chi connectivity index (χ4v) is 5.68. The standard InChI is InChI=1S/C11H12N2O3S3/c14-19(15,10-2-1-5-16-10)13-4-7-17-8-9(13)11-12-3-6-18-11/h1-3,5-6,9H,4,7-8H2/t9-/m0/s1. The Morgan fingerprint density at radius 1 is 1.47 bits per heavy atom. The minimum Gasteiger partial charge on any atom is -0.452 e. The van der Waals surface area contributed by atoms with Crippen molar-refractivity contribution in [3.8, 4) is 0 Å². The maximum absolute atomic E-state index is 12.6. The van der Waals surface area contributed by atoms with Crippen LogP contribution in [0.25, 0.3) is 0 Å².